The van der Waals surface area contributed by atoms with E-state index in [1.165, 1.54) is 13.0 Å². The molecule has 0 bridgehead atoms. The van der Waals surface area contributed by atoms with E-state index < -0.39 is 0 Å². The summed E-state index contributed by atoms with van der Waals surface area (Å²) in [4.78, 5) is 2.50. The molecule has 2 unspecified atom stereocenters. The Morgan fingerprint density at radius 1 is 1.47 bits per heavy atom. The van der Waals surface area contributed by atoms with Gasteiger partial charge in [0.05, 0.1) is 0 Å². The van der Waals surface area contributed by atoms with Gasteiger partial charge in [-0.1, -0.05) is 13.0 Å². The van der Waals surface area contributed by atoms with E-state index in [1.807, 2.05) is 6.08 Å². The van der Waals surface area contributed by atoms with E-state index >= 15 is 0 Å². The molecule has 2 nitrogen and oxygen atoms in total. The van der Waals surface area contributed by atoms with Crippen molar-refractivity contribution < 1.29 is 0 Å². The molecule has 0 aromatic heterocycles. The number of rotatable bonds is 4. The molecule has 2 heteroatoms. The highest BCUT2D eigenvalue weighted by atomic mass is 15.2. The molecule has 1 saturated heterocycles. The van der Waals surface area contributed by atoms with Crippen molar-refractivity contribution in [1.82, 2.24) is 10.2 Å². The molecular formula is C13H26N2. The largest absolute Gasteiger partial charge is 0.312 e. The van der Waals surface area contributed by atoms with Crippen LogP contribution in [0, 0.1) is 5.92 Å². The molecule has 2 atom stereocenters. The Kier molecular flexibility index (Phi) is 4.35. The van der Waals surface area contributed by atoms with Gasteiger partial charge < -0.3 is 5.32 Å². The van der Waals surface area contributed by atoms with E-state index in [-0.39, 0.29) is 5.54 Å². The quantitative estimate of drug-likeness (QED) is 0.716. The molecule has 0 amide bonds. The van der Waals surface area contributed by atoms with E-state index in [9.17, 15) is 0 Å². The van der Waals surface area contributed by atoms with Crippen LogP contribution in [0.25, 0.3) is 0 Å². The van der Waals surface area contributed by atoms with Crippen LogP contribution in [0.3, 0.4) is 0 Å². The van der Waals surface area contributed by atoms with Crippen LogP contribution in [0.15, 0.2) is 12.7 Å². The highest BCUT2D eigenvalue weighted by Crippen LogP contribution is 2.20. The monoisotopic (exact) mass is 210 g/mol. The fraction of sp³-hybridized carbons (Fsp3) is 0.846. The van der Waals surface area contributed by atoms with Crippen LogP contribution in [-0.2, 0) is 0 Å². The second kappa shape index (κ2) is 5.13. The number of nitrogens with one attached hydrogen (secondary N) is 1. The predicted molar refractivity (Wildman–Crippen MR) is 67.1 cm³/mol. The van der Waals surface area contributed by atoms with Crippen LogP contribution < -0.4 is 5.32 Å². The summed E-state index contributed by atoms with van der Waals surface area (Å²) in [6.45, 7) is 16.3. The molecule has 0 aromatic rings. The molecule has 1 aliphatic rings. The Labute approximate surface area is 94.7 Å². The Hall–Kier alpha value is -0.340. The molecule has 15 heavy (non-hydrogen) atoms. The van der Waals surface area contributed by atoms with Crippen molar-refractivity contribution in [1.29, 1.82) is 0 Å². The molecule has 0 radical (unpaired) electrons. The first kappa shape index (κ1) is 12.7. The molecule has 88 valence electrons. The van der Waals surface area contributed by atoms with Gasteiger partial charge >= 0.3 is 0 Å². The lowest BCUT2D eigenvalue weighted by atomic mass is 9.99. The SMILES string of the molecule is C=CCN(CC1NCCC1C)C(C)(C)C. The van der Waals surface area contributed by atoms with E-state index in [1.54, 1.807) is 0 Å². The minimum Gasteiger partial charge on any atom is -0.312 e. The summed E-state index contributed by atoms with van der Waals surface area (Å²) in [5.41, 5.74) is 0.234. The highest BCUT2D eigenvalue weighted by Gasteiger charge is 2.28. The van der Waals surface area contributed by atoms with Gasteiger partial charge in [0, 0.05) is 24.7 Å². The van der Waals surface area contributed by atoms with Crippen molar-refractivity contribution in [3.8, 4) is 0 Å². The van der Waals surface area contributed by atoms with Crippen LogP contribution in [-0.4, -0.2) is 36.1 Å². The average Bonchev–Trinajstić information content (AvgIpc) is 2.49. The zero-order valence-corrected chi connectivity index (χ0v) is 10.7. The fourth-order valence-electron chi connectivity index (χ4n) is 2.16. The third-order valence-corrected chi connectivity index (χ3v) is 3.41. The van der Waals surface area contributed by atoms with Crippen LogP contribution in [0.4, 0.5) is 0 Å². The highest BCUT2D eigenvalue weighted by molar-refractivity contribution is 4.90. The average molecular weight is 210 g/mol. The van der Waals surface area contributed by atoms with Gasteiger partial charge in [0.15, 0.2) is 0 Å². The first-order valence-electron chi connectivity index (χ1n) is 6.04. The molecule has 1 N–H and O–H groups in total. The summed E-state index contributed by atoms with van der Waals surface area (Å²) >= 11 is 0. The Balaban J connectivity index is 2.54. The number of hydrogen-bond donors (Lipinski definition) is 1. The molecule has 0 spiro atoms. The van der Waals surface area contributed by atoms with Crippen molar-refractivity contribution >= 4 is 0 Å². The standard InChI is InChI=1S/C13H26N2/c1-6-9-15(13(3,4)5)10-12-11(2)7-8-14-12/h6,11-12,14H,1,7-10H2,2-5H3. The van der Waals surface area contributed by atoms with Gasteiger partial charge in [-0.05, 0) is 39.7 Å². The molecule has 0 aliphatic carbocycles. The first-order chi connectivity index (χ1) is 6.95. The Morgan fingerprint density at radius 2 is 2.13 bits per heavy atom. The van der Waals surface area contributed by atoms with Gasteiger partial charge in [0.25, 0.3) is 0 Å². The Bertz CT molecular complexity index is 205. The van der Waals surface area contributed by atoms with Crippen molar-refractivity contribution in [2.24, 2.45) is 5.92 Å². The predicted octanol–water partition coefficient (Wildman–Crippen LogP) is 2.27. The molecule has 1 heterocycles. The summed E-state index contributed by atoms with van der Waals surface area (Å²) in [6, 6.07) is 0.657. The smallest absolute Gasteiger partial charge is 0.0221 e. The van der Waals surface area contributed by atoms with E-state index in [0.717, 1.165) is 19.0 Å². The fourth-order valence-corrected chi connectivity index (χ4v) is 2.16. The topological polar surface area (TPSA) is 15.3 Å². The minimum atomic E-state index is 0.234. The van der Waals surface area contributed by atoms with Crippen LogP contribution in [0.2, 0.25) is 0 Å². The third-order valence-electron chi connectivity index (χ3n) is 3.41. The van der Waals surface area contributed by atoms with Gasteiger partial charge in [-0.2, -0.15) is 0 Å². The lowest BCUT2D eigenvalue weighted by Gasteiger charge is -2.37. The van der Waals surface area contributed by atoms with Gasteiger partial charge in [0.1, 0.15) is 0 Å². The van der Waals surface area contributed by atoms with Crippen LogP contribution in [0.1, 0.15) is 34.1 Å². The summed E-state index contributed by atoms with van der Waals surface area (Å²) in [5.74, 6) is 0.805. The van der Waals surface area contributed by atoms with Crippen LogP contribution in [0.5, 0.6) is 0 Å². The van der Waals surface area contributed by atoms with Crippen molar-refractivity contribution in [3.05, 3.63) is 12.7 Å². The van der Waals surface area contributed by atoms with Gasteiger partial charge in [-0.25, -0.2) is 0 Å². The molecule has 1 fully saturated rings. The molecular weight excluding hydrogens is 184 g/mol. The van der Waals surface area contributed by atoms with Crippen molar-refractivity contribution in [2.45, 2.75) is 45.7 Å². The minimum absolute atomic E-state index is 0.234. The van der Waals surface area contributed by atoms with E-state index in [2.05, 4.69) is 44.5 Å². The summed E-state index contributed by atoms with van der Waals surface area (Å²) in [6.07, 6.45) is 3.32. The normalized spacial score (nSPS) is 27.3. The van der Waals surface area contributed by atoms with E-state index in [4.69, 9.17) is 0 Å². The summed E-state index contributed by atoms with van der Waals surface area (Å²) in [5, 5.41) is 3.59. The van der Waals surface area contributed by atoms with Gasteiger partial charge in [-0.3, -0.25) is 4.90 Å². The Morgan fingerprint density at radius 3 is 2.53 bits per heavy atom. The van der Waals surface area contributed by atoms with Gasteiger partial charge in [-0.15, -0.1) is 6.58 Å². The maximum absolute atomic E-state index is 3.85. The summed E-state index contributed by atoms with van der Waals surface area (Å²) < 4.78 is 0. The molecule has 1 aliphatic heterocycles. The summed E-state index contributed by atoms with van der Waals surface area (Å²) in [7, 11) is 0. The zero-order chi connectivity index (χ0) is 11.5. The van der Waals surface area contributed by atoms with E-state index in [0.29, 0.717) is 6.04 Å². The lowest BCUT2D eigenvalue weighted by Crippen LogP contribution is -2.48. The molecule has 0 saturated carbocycles. The third kappa shape index (κ3) is 3.62. The molecule has 1 rings (SSSR count). The van der Waals surface area contributed by atoms with Gasteiger partial charge in [0.2, 0.25) is 0 Å². The van der Waals surface area contributed by atoms with Crippen molar-refractivity contribution in [3.63, 3.8) is 0 Å². The zero-order valence-electron chi connectivity index (χ0n) is 10.7. The van der Waals surface area contributed by atoms with Crippen molar-refractivity contribution in [2.75, 3.05) is 19.6 Å². The second-order valence-electron chi connectivity index (χ2n) is 5.69. The second-order valence-corrected chi connectivity index (χ2v) is 5.69. The number of hydrogen-bond acceptors (Lipinski definition) is 2. The molecule has 0 aromatic carbocycles. The lowest BCUT2D eigenvalue weighted by molar-refractivity contribution is 0.133. The first-order valence-corrected chi connectivity index (χ1v) is 6.04. The maximum atomic E-state index is 3.85. The van der Waals surface area contributed by atoms with Crippen LogP contribution >= 0.6 is 0 Å². The maximum Gasteiger partial charge on any atom is 0.0221 e. The number of nitrogens with zero attached hydrogens (tertiary/aromatic N) is 1.